The van der Waals surface area contributed by atoms with E-state index in [4.69, 9.17) is 31.0 Å². The Bertz CT molecular complexity index is 1800. The maximum Gasteiger partial charge on any atom is 0.335 e. The third kappa shape index (κ3) is 5.73. The summed E-state index contributed by atoms with van der Waals surface area (Å²) in [6, 6.07) is 18.9. The minimum absolute atomic E-state index is 0.0452. The van der Waals surface area contributed by atoms with E-state index in [0.717, 1.165) is 80.2 Å². The maximum absolute atomic E-state index is 11.7. The predicted octanol–water partition coefficient (Wildman–Crippen LogP) is 6.17. The van der Waals surface area contributed by atoms with Crippen LogP contribution in [0.1, 0.15) is 48.0 Å². The number of fused-ring (bicyclic) bond motifs is 1. The smallest absolute Gasteiger partial charge is 0.335 e. The van der Waals surface area contributed by atoms with Crippen LogP contribution in [0.2, 0.25) is 5.02 Å². The topological polar surface area (TPSA) is 117 Å². The van der Waals surface area contributed by atoms with Gasteiger partial charge in [-0.05, 0) is 62.1 Å². The number of piperidine rings is 1. The van der Waals surface area contributed by atoms with Crippen LogP contribution in [-0.4, -0.2) is 58.9 Å². The lowest BCUT2D eigenvalue weighted by Crippen LogP contribution is -2.61. The number of aromatic carboxylic acids is 1. The van der Waals surface area contributed by atoms with Gasteiger partial charge in [0, 0.05) is 66.6 Å². The molecule has 0 atom stereocenters. The number of pyridine rings is 1. The fourth-order valence-corrected chi connectivity index (χ4v) is 6.95. The molecule has 1 spiro atoms. The molecule has 4 heterocycles. The number of nitriles is 1. The van der Waals surface area contributed by atoms with Crippen molar-refractivity contribution in [3.63, 3.8) is 0 Å². The molecule has 0 amide bonds. The van der Waals surface area contributed by atoms with Crippen LogP contribution in [0.15, 0.2) is 54.6 Å². The number of nitrogens with zero attached hydrogens (tertiary/aromatic N) is 6. The van der Waals surface area contributed by atoms with E-state index in [1.807, 2.05) is 30.3 Å². The maximum atomic E-state index is 11.7. The minimum atomic E-state index is -0.951. The van der Waals surface area contributed by atoms with E-state index in [0.29, 0.717) is 36.2 Å². The Labute approximate surface area is 266 Å². The summed E-state index contributed by atoms with van der Waals surface area (Å²) in [5.41, 5.74) is 2.93. The molecule has 1 saturated carbocycles. The number of hydrogen-bond acceptors (Lipinski definition) is 8. The summed E-state index contributed by atoms with van der Waals surface area (Å²) in [5.74, 6) is 2.09. The Morgan fingerprint density at radius 2 is 1.84 bits per heavy atom. The highest BCUT2D eigenvalue weighted by Gasteiger charge is 2.48. The van der Waals surface area contributed by atoms with Crippen molar-refractivity contribution in [2.24, 2.45) is 10.8 Å². The number of aromatic nitrogens is 3. The molecular formula is C34H35ClN6O4. The van der Waals surface area contributed by atoms with Gasteiger partial charge in [-0.1, -0.05) is 23.7 Å². The first-order valence-corrected chi connectivity index (χ1v) is 15.7. The molecule has 0 bridgehead atoms. The summed E-state index contributed by atoms with van der Waals surface area (Å²) in [7, 11) is 1.62. The van der Waals surface area contributed by atoms with Gasteiger partial charge in [0.15, 0.2) is 0 Å². The summed E-state index contributed by atoms with van der Waals surface area (Å²) < 4.78 is 13.6. The van der Waals surface area contributed by atoms with Gasteiger partial charge >= 0.3 is 5.97 Å². The second-order valence-electron chi connectivity index (χ2n) is 12.8. The third-order valence-corrected chi connectivity index (χ3v) is 9.93. The highest BCUT2D eigenvalue weighted by molar-refractivity contribution is 6.30. The number of imidazole rings is 1. The lowest BCUT2D eigenvalue weighted by Gasteiger charge is -2.54. The van der Waals surface area contributed by atoms with Gasteiger partial charge in [-0.3, -0.25) is 0 Å². The zero-order valence-corrected chi connectivity index (χ0v) is 26.0. The summed E-state index contributed by atoms with van der Waals surface area (Å²) in [5, 5.41) is 19.7. The van der Waals surface area contributed by atoms with Crippen LogP contribution in [0, 0.1) is 22.2 Å². The Morgan fingerprint density at radius 3 is 2.56 bits per heavy atom. The van der Waals surface area contributed by atoms with Crippen LogP contribution in [0.5, 0.6) is 11.6 Å². The molecule has 2 aromatic heterocycles. The van der Waals surface area contributed by atoms with Crippen molar-refractivity contribution in [3.8, 4) is 17.7 Å². The van der Waals surface area contributed by atoms with Gasteiger partial charge in [0.25, 0.3) is 0 Å². The lowest BCUT2D eigenvalue weighted by molar-refractivity contribution is 0.0697. The number of anilines is 2. The average Bonchev–Trinajstić information content (AvgIpc) is 3.71. The molecule has 3 aliphatic rings. The highest BCUT2D eigenvalue weighted by atomic mass is 35.5. The van der Waals surface area contributed by atoms with E-state index in [1.165, 1.54) is 0 Å². The predicted molar refractivity (Wildman–Crippen MR) is 171 cm³/mol. The molecule has 4 aromatic rings. The molecule has 7 rings (SSSR count). The zero-order valence-electron chi connectivity index (χ0n) is 25.2. The van der Waals surface area contributed by atoms with Gasteiger partial charge in [-0.25, -0.2) is 9.78 Å². The van der Waals surface area contributed by atoms with Gasteiger partial charge in [0.1, 0.15) is 18.2 Å². The van der Waals surface area contributed by atoms with E-state index in [9.17, 15) is 15.2 Å². The first-order chi connectivity index (χ1) is 21.8. The van der Waals surface area contributed by atoms with Crippen LogP contribution in [0.25, 0.3) is 11.0 Å². The standard InChI is InChI=1S/C34H35ClN6O4/c1-44-28-18-25(35)7-5-24(28)19-45-30-4-2-3-29(38-30)39-15-12-34(13-16-39)20-40(21-34)32-37-26-8-6-23(31(42)43)17-27(26)41(32)22-33(9-10-33)11-14-36/h2-8,17-18H,9-13,15-16,19-22H2,1H3,(H,42,43). The van der Waals surface area contributed by atoms with Crippen molar-refractivity contribution in [1.29, 1.82) is 5.26 Å². The lowest BCUT2D eigenvalue weighted by atomic mass is 9.72. The Hall–Kier alpha value is -4.49. The molecule has 11 heteroatoms. The molecule has 1 N–H and O–H groups in total. The monoisotopic (exact) mass is 626 g/mol. The second-order valence-corrected chi connectivity index (χ2v) is 13.2. The number of hydrogen-bond donors (Lipinski definition) is 1. The average molecular weight is 627 g/mol. The van der Waals surface area contributed by atoms with Crippen molar-refractivity contribution in [3.05, 3.63) is 70.7 Å². The number of carboxylic acid groups (broad SMARTS) is 1. The van der Waals surface area contributed by atoms with Crippen molar-refractivity contribution < 1.29 is 19.4 Å². The van der Waals surface area contributed by atoms with Crippen molar-refractivity contribution >= 4 is 40.4 Å². The normalized spacial score (nSPS) is 18.0. The van der Waals surface area contributed by atoms with E-state index >= 15 is 0 Å². The zero-order chi connectivity index (χ0) is 31.2. The van der Waals surface area contributed by atoms with Crippen LogP contribution >= 0.6 is 11.6 Å². The fourth-order valence-electron chi connectivity index (χ4n) is 6.79. The van der Waals surface area contributed by atoms with Gasteiger partial charge in [0.2, 0.25) is 11.8 Å². The molecule has 1 aliphatic carbocycles. The number of carbonyl (C=O) groups is 1. The van der Waals surface area contributed by atoms with Crippen molar-refractivity contribution in [2.45, 2.75) is 45.3 Å². The molecule has 0 radical (unpaired) electrons. The van der Waals surface area contributed by atoms with Gasteiger partial charge in [0.05, 0.1) is 29.8 Å². The first kappa shape index (κ1) is 29.2. The van der Waals surface area contributed by atoms with Crippen molar-refractivity contribution in [2.75, 3.05) is 43.1 Å². The number of ether oxygens (including phenoxy) is 2. The SMILES string of the molecule is COc1cc(Cl)ccc1COc1cccc(N2CCC3(CC2)CN(c2nc4ccc(C(=O)O)cc4n2CC2(CC#N)CC2)C3)n1. The van der Waals surface area contributed by atoms with Crippen LogP contribution in [0.3, 0.4) is 0 Å². The van der Waals surface area contributed by atoms with E-state index < -0.39 is 5.97 Å². The minimum Gasteiger partial charge on any atom is -0.496 e. The molecule has 2 aromatic carbocycles. The Morgan fingerprint density at radius 1 is 1.04 bits per heavy atom. The quantitative estimate of drug-likeness (QED) is 0.220. The molecule has 3 fully saturated rings. The van der Waals surface area contributed by atoms with E-state index in [2.05, 4.69) is 20.4 Å². The van der Waals surface area contributed by atoms with Crippen LogP contribution in [-0.2, 0) is 13.2 Å². The fraction of sp³-hybridized carbons (Fsp3) is 0.412. The Kier molecular flexibility index (Phi) is 7.44. The van der Waals surface area contributed by atoms with E-state index in [-0.39, 0.29) is 16.4 Å². The largest absolute Gasteiger partial charge is 0.496 e. The molecule has 2 aliphatic heterocycles. The number of halogens is 1. The highest BCUT2D eigenvalue weighted by Crippen LogP contribution is 2.52. The van der Waals surface area contributed by atoms with Gasteiger partial charge < -0.3 is 28.9 Å². The molecule has 10 nitrogen and oxygen atoms in total. The number of methoxy groups -OCH3 is 1. The van der Waals surface area contributed by atoms with Crippen LogP contribution < -0.4 is 19.3 Å². The van der Waals surface area contributed by atoms with Gasteiger partial charge in [-0.2, -0.15) is 10.2 Å². The number of rotatable bonds is 10. The molecule has 2 saturated heterocycles. The van der Waals surface area contributed by atoms with Crippen LogP contribution in [0.4, 0.5) is 11.8 Å². The van der Waals surface area contributed by atoms with E-state index in [1.54, 1.807) is 31.4 Å². The number of carboxylic acids is 1. The van der Waals surface area contributed by atoms with Gasteiger partial charge in [-0.15, -0.1) is 0 Å². The van der Waals surface area contributed by atoms with Crippen molar-refractivity contribution in [1.82, 2.24) is 14.5 Å². The second kappa shape index (κ2) is 11.5. The first-order valence-electron chi connectivity index (χ1n) is 15.3. The molecule has 232 valence electrons. The summed E-state index contributed by atoms with van der Waals surface area (Å²) in [6.07, 6.45) is 4.60. The molecular weight excluding hydrogens is 592 g/mol. The third-order valence-electron chi connectivity index (χ3n) is 9.70. The summed E-state index contributed by atoms with van der Waals surface area (Å²) in [4.78, 5) is 26.2. The number of benzene rings is 2. The molecule has 45 heavy (non-hydrogen) atoms. The summed E-state index contributed by atoms with van der Waals surface area (Å²) >= 11 is 6.09. The Balaban J connectivity index is 1.02. The molecule has 0 unspecified atom stereocenters. The summed E-state index contributed by atoms with van der Waals surface area (Å²) in [6.45, 7) is 4.62.